The highest BCUT2D eigenvalue weighted by Gasteiger charge is 2.53. The number of methoxy groups -OCH3 is 2. The molecule has 0 aliphatic carbocycles. The van der Waals surface area contributed by atoms with Crippen molar-refractivity contribution in [2.24, 2.45) is 0 Å². The zero-order valence-electron chi connectivity index (χ0n) is 39.1. The first-order valence-corrected chi connectivity index (χ1v) is 25.2. The van der Waals surface area contributed by atoms with Crippen LogP contribution in [0.15, 0.2) is 182 Å². The van der Waals surface area contributed by atoms with Gasteiger partial charge in [0.05, 0.1) is 51.1 Å². The van der Waals surface area contributed by atoms with Crippen LogP contribution in [0.3, 0.4) is 0 Å². The molecule has 0 N–H and O–H groups in total. The molecule has 13 heteroatoms. The Labute approximate surface area is 406 Å². The van der Waals surface area contributed by atoms with Gasteiger partial charge in [-0.15, -0.1) is 0 Å². The Morgan fingerprint density at radius 1 is 0.333 bits per heavy atom. The van der Waals surface area contributed by atoms with Crippen LogP contribution in [0, 0.1) is 0 Å². The highest BCUT2D eigenvalue weighted by molar-refractivity contribution is 7.91. The quantitative estimate of drug-likeness (QED) is 0.0577. The highest BCUT2D eigenvalue weighted by Crippen LogP contribution is 2.35. The molecular formula is C56H62O12S. The summed E-state index contributed by atoms with van der Waals surface area (Å²) in [6, 6.07) is 58.4. The highest BCUT2D eigenvalue weighted by atomic mass is 32.2. The van der Waals surface area contributed by atoms with Gasteiger partial charge >= 0.3 is 0 Å². The van der Waals surface area contributed by atoms with Gasteiger partial charge in [-0.25, -0.2) is 8.42 Å². The van der Waals surface area contributed by atoms with Gasteiger partial charge in [-0.3, -0.25) is 0 Å². The van der Waals surface area contributed by atoms with E-state index in [9.17, 15) is 0 Å². The lowest BCUT2D eigenvalue weighted by molar-refractivity contribution is -0.315. The van der Waals surface area contributed by atoms with Crippen molar-refractivity contribution in [3.63, 3.8) is 0 Å². The van der Waals surface area contributed by atoms with Crippen molar-refractivity contribution in [3.8, 4) is 0 Å². The molecule has 0 amide bonds. The maximum atomic E-state index is 15.1. The molecule has 2 aliphatic rings. The summed E-state index contributed by atoms with van der Waals surface area (Å²) in [5, 5.41) is 0. The third kappa shape index (κ3) is 14.5. The van der Waals surface area contributed by atoms with Gasteiger partial charge in [0.2, 0.25) is 0 Å². The Morgan fingerprint density at radius 3 is 0.783 bits per heavy atom. The minimum Gasteiger partial charge on any atom is -0.368 e. The van der Waals surface area contributed by atoms with Crippen LogP contribution in [0.25, 0.3) is 0 Å². The molecule has 2 fully saturated rings. The Morgan fingerprint density at radius 2 is 0.551 bits per heavy atom. The van der Waals surface area contributed by atoms with Crippen molar-refractivity contribution in [2.45, 2.75) is 101 Å². The maximum absolute atomic E-state index is 15.1. The Balaban J connectivity index is 1.10. The second-order valence-corrected chi connectivity index (χ2v) is 19.4. The van der Waals surface area contributed by atoms with E-state index in [0.29, 0.717) is 0 Å². The first kappa shape index (κ1) is 50.3. The number of rotatable bonds is 24. The van der Waals surface area contributed by atoms with Crippen LogP contribution in [0.2, 0.25) is 0 Å². The van der Waals surface area contributed by atoms with E-state index in [1.807, 2.05) is 182 Å². The molecule has 2 aliphatic heterocycles. The summed E-state index contributed by atoms with van der Waals surface area (Å²) in [6.45, 7) is 1.15. The largest absolute Gasteiger partial charge is 0.368 e. The van der Waals surface area contributed by atoms with E-state index in [1.165, 1.54) is 14.2 Å². The molecule has 0 bridgehead atoms. The molecule has 12 nitrogen and oxygen atoms in total. The molecule has 6 aromatic carbocycles. The Hall–Kier alpha value is -5.13. The monoisotopic (exact) mass is 958 g/mol. The second-order valence-electron chi connectivity index (χ2n) is 17.2. The van der Waals surface area contributed by atoms with Gasteiger partial charge in [-0.2, -0.15) is 0 Å². The standard InChI is InChI=1S/C56H62O12S/c1-59-55-53(65-37-45-29-17-7-18-30-45)51(63-35-43-25-13-5-14-26-43)49(61-33-41-21-9-3-10-22-41)47(67-55)39-69(57,58)40-48-50(62-34-42-23-11-4-12-24-42)52(64-36-44-27-15-6-16-28-44)54(56(60-2)68-48)66-38-46-31-19-8-20-32-46/h3-32,47-56H,33-40H2,1-2H3/t47-,48-,49-,50-,51+,52+,53-,54+,55+,56+/m1/s1. The number of benzene rings is 6. The van der Waals surface area contributed by atoms with E-state index < -0.39 is 82.8 Å². The molecule has 0 saturated carbocycles. The van der Waals surface area contributed by atoms with Gasteiger partial charge < -0.3 is 47.4 Å². The van der Waals surface area contributed by atoms with Crippen molar-refractivity contribution in [1.29, 1.82) is 0 Å². The summed E-state index contributed by atoms with van der Waals surface area (Å²) < 4.78 is 95.6. The average molecular weight is 959 g/mol. The average Bonchev–Trinajstić information content (AvgIpc) is 3.39. The van der Waals surface area contributed by atoms with E-state index in [2.05, 4.69) is 0 Å². The van der Waals surface area contributed by atoms with Crippen LogP contribution in [0.5, 0.6) is 0 Å². The summed E-state index contributed by atoms with van der Waals surface area (Å²) in [4.78, 5) is 0. The molecule has 0 radical (unpaired) electrons. The van der Waals surface area contributed by atoms with E-state index in [4.69, 9.17) is 47.4 Å². The third-order valence-electron chi connectivity index (χ3n) is 12.2. The fourth-order valence-corrected chi connectivity index (χ4v) is 10.4. The van der Waals surface area contributed by atoms with Gasteiger partial charge in [0.1, 0.15) is 48.8 Å². The van der Waals surface area contributed by atoms with Gasteiger partial charge in [0.25, 0.3) is 0 Å². The second kappa shape index (κ2) is 25.6. The Kier molecular flexibility index (Phi) is 18.7. The van der Waals surface area contributed by atoms with Crippen molar-refractivity contribution < 1.29 is 55.8 Å². The molecule has 364 valence electrons. The summed E-state index contributed by atoms with van der Waals surface area (Å²) in [5.74, 6) is -0.954. The van der Waals surface area contributed by atoms with E-state index in [0.717, 1.165) is 33.4 Å². The van der Waals surface area contributed by atoms with Gasteiger partial charge in [0, 0.05) is 14.2 Å². The van der Waals surface area contributed by atoms with E-state index in [1.54, 1.807) is 0 Å². The normalized spacial score (nSPS) is 25.0. The first-order valence-electron chi connectivity index (χ1n) is 23.4. The zero-order valence-corrected chi connectivity index (χ0v) is 39.9. The fourth-order valence-electron chi connectivity index (χ4n) is 8.71. The fraction of sp³-hybridized carbons (Fsp3) is 0.357. The molecule has 0 aromatic heterocycles. The van der Waals surface area contributed by atoms with Crippen LogP contribution in [0.1, 0.15) is 33.4 Å². The minimum absolute atomic E-state index is 0.154. The molecule has 2 heterocycles. The van der Waals surface area contributed by atoms with Crippen molar-refractivity contribution in [1.82, 2.24) is 0 Å². The van der Waals surface area contributed by atoms with Crippen LogP contribution in [0.4, 0.5) is 0 Å². The lowest BCUT2D eigenvalue weighted by Crippen LogP contribution is -2.63. The van der Waals surface area contributed by atoms with Gasteiger partial charge in [-0.05, 0) is 33.4 Å². The van der Waals surface area contributed by atoms with Crippen molar-refractivity contribution in [3.05, 3.63) is 215 Å². The predicted octanol–water partition coefficient (Wildman–Crippen LogP) is 8.66. The number of hydrogen-bond acceptors (Lipinski definition) is 12. The number of ether oxygens (including phenoxy) is 10. The van der Waals surface area contributed by atoms with Crippen LogP contribution < -0.4 is 0 Å². The zero-order chi connectivity index (χ0) is 47.7. The Bertz CT molecular complexity index is 2300. The molecule has 0 unspecified atom stereocenters. The molecule has 10 atom stereocenters. The summed E-state index contributed by atoms with van der Waals surface area (Å²) >= 11 is 0. The smallest absolute Gasteiger partial charge is 0.186 e. The SMILES string of the molecule is CO[C@H]1O[C@H](CS(=O)(=O)C[C@H]2O[C@H](OC)[C@H](OCc3ccccc3)[C@@H](OCc3ccccc3)[C@@H]2OCc2ccccc2)[C@@H](OCc2ccccc2)[C@H](OCc2ccccc2)[C@@H]1OCc1ccccc1. The number of hydrogen-bond donors (Lipinski definition) is 0. The van der Waals surface area contributed by atoms with Gasteiger partial charge in [0.15, 0.2) is 22.4 Å². The molecule has 69 heavy (non-hydrogen) atoms. The predicted molar refractivity (Wildman–Crippen MR) is 260 cm³/mol. The van der Waals surface area contributed by atoms with E-state index >= 15 is 8.42 Å². The topological polar surface area (TPSA) is 126 Å². The van der Waals surface area contributed by atoms with Crippen molar-refractivity contribution >= 4 is 9.84 Å². The van der Waals surface area contributed by atoms with E-state index in [-0.39, 0.29) is 39.6 Å². The first-order chi connectivity index (χ1) is 33.9. The molecule has 6 aromatic rings. The molecule has 8 rings (SSSR count). The van der Waals surface area contributed by atoms with Crippen LogP contribution in [-0.2, 0) is 96.8 Å². The lowest BCUT2D eigenvalue weighted by atomic mass is 9.98. The molecular weight excluding hydrogens is 897 g/mol. The number of sulfone groups is 1. The third-order valence-corrected chi connectivity index (χ3v) is 13.9. The lowest BCUT2D eigenvalue weighted by Gasteiger charge is -2.46. The van der Waals surface area contributed by atoms with Crippen LogP contribution >= 0.6 is 0 Å². The summed E-state index contributed by atoms with van der Waals surface area (Å²) in [5.41, 5.74) is 5.49. The van der Waals surface area contributed by atoms with Gasteiger partial charge in [-0.1, -0.05) is 182 Å². The summed E-state index contributed by atoms with van der Waals surface area (Å²) in [7, 11) is -1.10. The van der Waals surface area contributed by atoms with Crippen LogP contribution in [-0.4, -0.2) is 95.6 Å². The minimum atomic E-state index is -4.12. The van der Waals surface area contributed by atoms with Crippen molar-refractivity contribution in [2.75, 3.05) is 25.7 Å². The molecule has 0 spiro atoms. The maximum Gasteiger partial charge on any atom is 0.186 e. The summed E-state index contributed by atoms with van der Waals surface area (Å²) in [6.07, 6.45) is -9.33. The molecule has 2 saturated heterocycles.